The summed E-state index contributed by atoms with van der Waals surface area (Å²) >= 11 is 7.40. The summed E-state index contributed by atoms with van der Waals surface area (Å²) in [4.78, 5) is 8.36. The lowest BCUT2D eigenvalue weighted by Gasteiger charge is -2.28. The first-order chi connectivity index (χ1) is 19.5. The SMILES string of the molecule is COc1cc(C(C)(C)c2cnc(SCc3c(F)cc(OCCN=C(N)N)cc3F)n2-c2ccc(F)cc2)ccc1Cl. The molecule has 0 fully saturated rings. The lowest BCUT2D eigenvalue weighted by atomic mass is 9.81. The first-order valence-electron chi connectivity index (χ1n) is 12.5. The minimum atomic E-state index is -0.761. The fourth-order valence-electron chi connectivity index (χ4n) is 4.19. The van der Waals surface area contributed by atoms with Crippen LogP contribution in [-0.4, -0.2) is 35.8 Å². The van der Waals surface area contributed by atoms with E-state index in [1.165, 1.54) is 12.1 Å². The number of hydrogen-bond donors (Lipinski definition) is 2. The second-order valence-corrected chi connectivity index (χ2v) is 10.9. The maximum atomic E-state index is 14.9. The van der Waals surface area contributed by atoms with Crippen LogP contribution in [0, 0.1) is 17.5 Å². The van der Waals surface area contributed by atoms with Gasteiger partial charge in [0, 0.05) is 34.6 Å². The first-order valence-corrected chi connectivity index (χ1v) is 13.8. The molecule has 0 radical (unpaired) electrons. The molecule has 0 saturated carbocycles. The molecule has 0 aliphatic rings. The van der Waals surface area contributed by atoms with Crippen LogP contribution in [0.15, 0.2) is 70.9 Å². The zero-order valence-corrected chi connectivity index (χ0v) is 24.2. The molecule has 0 unspecified atom stereocenters. The monoisotopic (exact) mass is 603 g/mol. The molecule has 0 saturated heterocycles. The second kappa shape index (κ2) is 12.8. The zero-order chi connectivity index (χ0) is 29.7. The van der Waals surface area contributed by atoms with Crippen molar-refractivity contribution in [1.29, 1.82) is 0 Å². The number of aromatic nitrogens is 2. The summed E-state index contributed by atoms with van der Waals surface area (Å²) < 4.78 is 56.3. The van der Waals surface area contributed by atoms with Crippen molar-refractivity contribution in [3.63, 3.8) is 0 Å². The van der Waals surface area contributed by atoms with Gasteiger partial charge in [-0.05, 0) is 42.0 Å². The van der Waals surface area contributed by atoms with E-state index in [1.54, 1.807) is 31.5 Å². The number of nitrogens with two attached hydrogens (primary N) is 2. The summed E-state index contributed by atoms with van der Waals surface area (Å²) in [7, 11) is 1.54. The van der Waals surface area contributed by atoms with Crippen LogP contribution in [0.5, 0.6) is 11.5 Å². The van der Waals surface area contributed by atoms with E-state index in [-0.39, 0.29) is 36.2 Å². The van der Waals surface area contributed by atoms with E-state index in [1.807, 2.05) is 30.5 Å². The van der Waals surface area contributed by atoms with Crippen LogP contribution in [0.4, 0.5) is 13.2 Å². The van der Waals surface area contributed by atoms with Crippen LogP contribution in [0.2, 0.25) is 5.02 Å². The molecule has 0 spiro atoms. The molecule has 1 heterocycles. The van der Waals surface area contributed by atoms with Gasteiger partial charge in [0.05, 0.1) is 30.6 Å². The molecule has 12 heteroatoms. The largest absolute Gasteiger partial charge is 0.495 e. The van der Waals surface area contributed by atoms with Gasteiger partial charge < -0.3 is 20.9 Å². The number of rotatable bonds is 11. The minimum absolute atomic E-state index is 0.0229. The molecule has 3 aromatic carbocycles. The number of thioether (sulfide) groups is 1. The van der Waals surface area contributed by atoms with Gasteiger partial charge in [0.15, 0.2) is 11.1 Å². The second-order valence-electron chi connectivity index (χ2n) is 9.52. The smallest absolute Gasteiger partial charge is 0.186 e. The minimum Gasteiger partial charge on any atom is -0.495 e. The third-order valence-corrected chi connectivity index (χ3v) is 7.73. The fourth-order valence-corrected chi connectivity index (χ4v) is 5.39. The van der Waals surface area contributed by atoms with Crippen LogP contribution in [0.25, 0.3) is 5.69 Å². The highest BCUT2D eigenvalue weighted by Gasteiger charge is 2.30. The average molecular weight is 604 g/mol. The van der Waals surface area contributed by atoms with Gasteiger partial charge in [0.1, 0.15) is 35.6 Å². The molecule has 0 aliphatic carbocycles. The fraction of sp³-hybridized carbons (Fsp3) is 0.241. The van der Waals surface area contributed by atoms with Gasteiger partial charge in [-0.25, -0.2) is 18.2 Å². The number of hydrogen-bond acceptors (Lipinski definition) is 5. The number of nitrogens with zero attached hydrogens (tertiary/aromatic N) is 3. The van der Waals surface area contributed by atoms with Gasteiger partial charge in [-0.2, -0.15) is 0 Å². The Bertz CT molecular complexity index is 1530. The van der Waals surface area contributed by atoms with E-state index in [0.29, 0.717) is 21.6 Å². The standard InChI is InChI=1S/C29H29ClF3N5O2S/c1-29(2,17-4-9-22(30)25(12-17)39-3)26-15-37-28(38(26)19-7-5-18(31)6-8-19)41-16-21-23(32)13-20(14-24(21)33)40-11-10-36-27(34)35/h4-9,12-15H,10-11,16H2,1-3H3,(H4,34,35,36). The van der Waals surface area contributed by atoms with Crippen molar-refractivity contribution in [3.8, 4) is 17.2 Å². The highest BCUT2D eigenvalue weighted by Crippen LogP contribution is 2.39. The van der Waals surface area contributed by atoms with E-state index >= 15 is 0 Å². The summed E-state index contributed by atoms with van der Waals surface area (Å²) in [5.41, 5.74) is 12.1. The third kappa shape index (κ3) is 6.91. The first kappa shape index (κ1) is 30.1. The van der Waals surface area contributed by atoms with E-state index < -0.39 is 22.9 Å². The summed E-state index contributed by atoms with van der Waals surface area (Å²) in [5, 5.41) is 0.946. The lowest BCUT2D eigenvalue weighted by Crippen LogP contribution is -2.23. The average Bonchev–Trinajstić information content (AvgIpc) is 3.36. The van der Waals surface area contributed by atoms with Crippen molar-refractivity contribution in [2.45, 2.75) is 30.2 Å². The Labute approximate surface area is 245 Å². The Balaban J connectivity index is 1.66. The van der Waals surface area contributed by atoms with Crippen molar-refractivity contribution in [3.05, 3.63) is 100 Å². The highest BCUT2D eigenvalue weighted by atomic mass is 35.5. The van der Waals surface area contributed by atoms with Crippen LogP contribution in [0.3, 0.4) is 0 Å². The number of benzene rings is 3. The van der Waals surface area contributed by atoms with Gasteiger partial charge in [-0.1, -0.05) is 43.3 Å². The topological polar surface area (TPSA) is 101 Å². The Kier molecular flexibility index (Phi) is 9.39. The number of guanidine groups is 1. The number of methoxy groups -OCH3 is 1. The molecule has 4 aromatic rings. The maximum absolute atomic E-state index is 14.9. The number of imidazole rings is 1. The van der Waals surface area contributed by atoms with Crippen LogP contribution < -0.4 is 20.9 Å². The van der Waals surface area contributed by atoms with E-state index in [0.717, 1.165) is 35.2 Å². The summed E-state index contributed by atoms with van der Waals surface area (Å²) in [6.07, 6.45) is 1.70. The summed E-state index contributed by atoms with van der Waals surface area (Å²) in [6, 6.07) is 13.7. The van der Waals surface area contributed by atoms with Gasteiger partial charge in [0.2, 0.25) is 0 Å². The van der Waals surface area contributed by atoms with Crippen LogP contribution in [0.1, 0.15) is 30.7 Å². The van der Waals surface area contributed by atoms with Crippen LogP contribution in [-0.2, 0) is 11.2 Å². The maximum Gasteiger partial charge on any atom is 0.186 e. The number of aliphatic imine (C=N–C) groups is 1. The molecule has 1 aromatic heterocycles. The van der Waals surface area contributed by atoms with Gasteiger partial charge >= 0.3 is 0 Å². The normalized spacial score (nSPS) is 11.4. The Morgan fingerprint density at radius 2 is 1.73 bits per heavy atom. The summed E-state index contributed by atoms with van der Waals surface area (Å²) in [6.45, 7) is 4.22. The van der Waals surface area contributed by atoms with E-state index in [9.17, 15) is 13.2 Å². The molecule has 0 atom stereocenters. The lowest BCUT2D eigenvalue weighted by molar-refractivity contribution is 0.324. The quantitative estimate of drug-likeness (QED) is 0.0913. The van der Waals surface area contributed by atoms with E-state index in [2.05, 4.69) is 9.98 Å². The molecule has 0 bridgehead atoms. The van der Waals surface area contributed by atoms with Gasteiger partial charge in [-0.3, -0.25) is 9.56 Å². The van der Waals surface area contributed by atoms with Crippen LogP contribution >= 0.6 is 23.4 Å². The molecule has 4 N–H and O–H groups in total. The molecular weight excluding hydrogens is 575 g/mol. The third-order valence-electron chi connectivity index (χ3n) is 6.44. The predicted octanol–water partition coefficient (Wildman–Crippen LogP) is 6.22. The molecule has 216 valence electrons. The molecule has 7 nitrogen and oxygen atoms in total. The molecular formula is C29H29ClF3N5O2S. The molecule has 0 amide bonds. The molecule has 4 rings (SSSR count). The highest BCUT2D eigenvalue weighted by molar-refractivity contribution is 7.98. The number of halogens is 4. The predicted molar refractivity (Wildman–Crippen MR) is 156 cm³/mol. The van der Waals surface area contributed by atoms with Crippen molar-refractivity contribution in [2.24, 2.45) is 16.5 Å². The number of ether oxygens (including phenoxy) is 2. The molecule has 41 heavy (non-hydrogen) atoms. The zero-order valence-electron chi connectivity index (χ0n) is 22.6. The molecule has 0 aliphatic heterocycles. The Morgan fingerprint density at radius 1 is 1.05 bits per heavy atom. The van der Waals surface area contributed by atoms with E-state index in [4.69, 9.17) is 32.5 Å². The summed E-state index contributed by atoms with van der Waals surface area (Å²) in [5.74, 6) is -1.53. The Hall–Kier alpha value is -3.83. The van der Waals surface area contributed by atoms with Crippen molar-refractivity contribution in [1.82, 2.24) is 9.55 Å². The van der Waals surface area contributed by atoms with Crippen molar-refractivity contribution >= 4 is 29.3 Å². The van der Waals surface area contributed by atoms with Crippen molar-refractivity contribution < 1.29 is 22.6 Å². The Morgan fingerprint density at radius 3 is 2.37 bits per heavy atom. The van der Waals surface area contributed by atoms with Crippen molar-refractivity contribution in [2.75, 3.05) is 20.3 Å². The van der Waals surface area contributed by atoms with Gasteiger partial charge in [0.25, 0.3) is 0 Å². The van der Waals surface area contributed by atoms with Gasteiger partial charge in [-0.15, -0.1) is 0 Å².